The molecule has 0 aromatic rings. The van der Waals surface area contributed by atoms with Crippen molar-refractivity contribution in [2.45, 2.75) is 91.5 Å². The Hall–Kier alpha value is -0.133. The molecule has 2 nitrogen and oxygen atoms in total. The molecule has 0 saturated heterocycles. The average molecular weight is 371 g/mol. The summed E-state index contributed by atoms with van der Waals surface area (Å²) < 4.78 is 0. The van der Waals surface area contributed by atoms with Gasteiger partial charge in [0.25, 0.3) is 0 Å². The Morgan fingerprint density at radius 3 is 1.78 bits per heavy atom. The van der Waals surface area contributed by atoms with Crippen LogP contribution in [-0.2, 0) is 0 Å². The number of unbranched alkanes of at least 4 members (excludes halogenated alkanes) is 6. The van der Waals surface area contributed by atoms with E-state index in [1.807, 2.05) is 6.08 Å². The molecule has 0 radical (unpaired) electrons. The van der Waals surface area contributed by atoms with Gasteiger partial charge in [-0.3, -0.25) is 4.90 Å². The molecule has 3 heteroatoms. The maximum atomic E-state index is 3.89. The average Bonchev–Trinajstić information content (AvgIpc) is 2.65. The van der Waals surface area contributed by atoms with Gasteiger partial charge in [-0.15, -0.1) is 0 Å². The first-order valence-electron chi connectivity index (χ1n) is 11.3. The molecule has 0 rings (SSSR count). The molecular weight excluding hydrogens is 323 g/mol. The van der Waals surface area contributed by atoms with E-state index < -0.39 is 0 Å². The molecule has 27 heavy (non-hydrogen) atoms. The van der Waals surface area contributed by atoms with E-state index in [0.29, 0.717) is 6.04 Å². The monoisotopic (exact) mass is 370 g/mol. The number of hydrogen-bond acceptors (Lipinski definition) is 2. The number of nitrogens with zero attached hydrogens (tertiary/aromatic N) is 2. The van der Waals surface area contributed by atoms with Gasteiger partial charge in [-0.2, -0.15) is 0 Å². The van der Waals surface area contributed by atoms with E-state index in [1.165, 1.54) is 64.5 Å². The van der Waals surface area contributed by atoms with E-state index in [9.17, 15) is 0 Å². The Morgan fingerprint density at radius 2 is 1.33 bits per heavy atom. The predicted molar refractivity (Wildman–Crippen MR) is 120 cm³/mol. The van der Waals surface area contributed by atoms with Crippen LogP contribution in [0, 0.1) is 6.92 Å². The fourth-order valence-electron chi connectivity index (χ4n) is 3.48. The van der Waals surface area contributed by atoms with E-state index in [-0.39, 0.29) is 18.9 Å². The zero-order valence-corrected chi connectivity index (χ0v) is 19.4. The normalized spacial score (nSPS) is 13.1. The van der Waals surface area contributed by atoms with Crippen LogP contribution in [0.4, 0.5) is 0 Å². The first kappa shape index (κ1) is 29.1. The van der Waals surface area contributed by atoms with Gasteiger partial charge in [0.05, 0.1) is 0 Å². The second-order valence-electron chi connectivity index (χ2n) is 7.35. The van der Waals surface area contributed by atoms with E-state index in [0.717, 1.165) is 26.1 Å². The molecule has 0 fully saturated rings. The summed E-state index contributed by atoms with van der Waals surface area (Å²) in [6.45, 7) is 18.8. The van der Waals surface area contributed by atoms with Crippen LogP contribution >= 0.6 is 0 Å². The maximum absolute atomic E-state index is 3.89. The Morgan fingerprint density at radius 1 is 0.778 bits per heavy atom. The number of allylic oxidation sites excluding steroid dienone is 1. The molecule has 0 bridgehead atoms. The third-order valence-electron chi connectivity index (χ3n) is 5.20. The molecule has 0 aliphatic heterocycles. The van der Waals surface area contributed by atoms with E-state index >= 15 is 0 Å². The minimum Gasteiger partial charge on any atom is -0.313 e. The SMILES string of the molecule is [CH2-]C=CC(CC=CCN(CCCCCC)CCCCCC)N(CC)CC.[Li+]. The number of rotatable bonds is 18. The van der Waals surface area contributed by atoms with Gasteiger partial charge in [-0.1, -0.05) is 78.4 Å². The molecule has 0 spiro atoms. The molecule has 0 amide bonds. The largest absolute Gasteiger partial charge is 1.00 e. The first-order chi connectivity index (χ1) is 12.7. The smallest absolute Gasteiger partial charge is 0.313 e. The summed E-state index contributed by atoms with van der Waals surface area (Å²) in [5.41, 5.74) is 0. The molecule has 0 N–H and O–H groups in total. The van der Waals surface area contributed by atoms with Gasteiger partial charge >= 0.3 is 18.9 Å². The molecule has 0 saturated carbocycles. The minimum absolute atomic E-state index is 0. The topological polar surface area (TPSA) is 6.48 Å². The second kappa shape index (κ2) is 22.2. The van der Waals surface area contributed by atoms with Crippen LogP contribution in [-0.4, -0.2) is 48.6 Å². The van der Waals surface area contributed by atoms with Gasteiger partial charge in [-0.25, -0.2) is 19.1 Å². The molecule has 0 aromatic heterocycles. The summed E-state index contributed by atoms with van der Waals surface area (Å²) in [5.74, 6) is 0. The fraction of sp³-hybridized carbons (Fsp3) is 0.792. The minimum atomic E-state index is 0. The summed E-state index contributed by atoms with van der Waals surface area (Å²) in [5, 5.41) is 0. The van der Waals surface area contributed by atoms with E-state index in [4.69, 9.17) is 0 Å². The summed E-state index contributed by atoms with van der Waals surface area (Å²) >= 11 is 0. The quantitative estimate of drug-likeness (QED) is 0.158. The second-order valence-corrected chi connectivity index (χ2v) is 7.35. The molecular formula is C24H47LiN2. The zero-order chi connectivity index (χ0) is 19.5. The fourth-order valence-corrected chi connectivity index (χ4v) is 3.48. The summed E-state index contributed by atoms with van der Waals surface area (Å²) in [4.78, 5) is 5.16. The molecule has 1 atom stereocenters. The van der Waals surface area contributed by atoms with Crippen LogP contribution in [0.25, 0.3) is 0 Å². The zero-order valence-electron chi connectivity index (χ0n) is 19.4. The molecule has 0 aliphatic carbocycles. The van der Waals surface area contributed by atoms with Crippen molar-refractivity contribution in [3.8, 4) is 0 Å². The summed E-state index contributed by atoms with van der Waals surface area (Å²) in [6, 6.07) is 0.487. The summed E-state index contributed by atoms with van der Waals surface area (Å²) in [6.07, 6.45) is 20.9. The van der Waals surface area contributed by atoms with Crippen LogP contribution in [0.2, 0.25) is 0 Å². The predicted octanol–water partition coefficient (Wildman–Crippen LogP) is 3.50. The summed E-state index contributed by atoms with van der Waals surface area (Å²) in [7, 11) is 0. The third kappa shape index (κ3) is 16.5. The van der Waals surface area contributed by atoms with Crippen molar-refractivity contribution < 1.29 is 18.9 Å². The Balaban J connectivity index is 0. The van der Waals surface area contributed by atoms with Gasteiger partial charge in [-0.05, 0) is 51.5 Å². The van der Waals surface area contributed by atoms with Crippen LogP contribution in [0.15, 0.2) is 24.3 Å². The van der Waals surface area contributed by atoms with Crippen molar-refractivity contribution in [3.05, 3.63) is 31.2 Å². The van der Waals surface area contributed by atoms with Crippen LogP contribution in [0.1, 0.15) is 85.5 Å². The van der Waals surface area contributed by atoms with Crippen molar-refractivity contribution in [3.63, 3.8) is 0 Å². The van der Waals surface area contributed by atoms with Crippen LogP contribution in [0.5, 0.6) is 0 Å². The van der Waals surface area contributed by atoms with Crippen molar-refractivity contribution in [1.29, 1.82) is 0 Å². The maximum Gasteiger partial charge on any atom is 1.00 e. The molecule has 1 unspecified atom stereocenters. The van der Waals surface area contributed by atoms with Gasteiger partial charge < -0.3 is 4.90 Å². The number of likely N-dealkylation sites (N-methyl/N-ethyl adjacent to an activating group) is 1. The third-order valence-corrected chi connectivity index (χ3v) is 5.20. The van der Waals surface area contributed by atoms with Crippen molar-refractivity contribution in [1.82, 2.24) is 9.80 Å². The first-order valence-corrected chi connectivity index (χ1v) is 11.3. The molecule has 0 aromatic carbocycles. The van der Waals surface area contributed by atoms with Crippen molar-refractivity contribution >= 4 is 0 Å². The Bertz CT molecular complexity index is 325. The molecule has 154 valence electrons. The van der Waals surface area contributed by atoms with Gasteiger partial charge in [0.1, 0.15) is 0 Å². The Kier molecular flexibility index (Phi) is 23.9. The van der Waals surface area contributed by atoms with Crippen molar-refractivity contribution in [2.24, 2.45) is 0 Å². The van der Waals surface area contributed by atoms with Crippen LogP contribution < -0.4 is 18.9 Å². The van der Waals surface area contributed by atoms with Gasteiger partial charge in [0.2, 0.25) is 0 Å². The number of hydrogen-bond donors (Lipinski definition) is 0. The van der Waals surface area contributed by atoms with E-state index in [1.54, 1.807) is 0 Å². The standard InChI is InChI=1S/C24H47N2.Li/c1-6-11-13-16-21-25(22-17-14-12-7-2)23-18-15-20-24(19-8-3)26(9-4)10-5;/h8,15,18-19,24H,3,6-7,9-14,16-17,20-23H2,1-2,4-5H3;/q-1;+1. The van der Waals surface area contributed by atoms with Gasteiger partial charge in [0.15, 0.2) is 0 Å². The van der Waals surface area contributed by atoms with Gasteiger partial charge in [0, 0.05) is 6.54 Å². The van der Waals surface area contributed by atoms with Crippen molar-refractivity contribution in [2.75, 3.05) is 32.7 Å². The molecule has 0 aliphatic rings. The van der Waals surface area contributed by atoms with E-state index in [2.05, 4.69) is 62.6 Å². The molecule has 0 heterocycles. The van der Waals surface area contributed by atoms with Crippen LogP contribution in [0.3, 0.4) is 0 Å². The Labute approximate surface area is 184 Å².